The van der Waals surface area contributed by atoms with Gasteiger partial charge in [0.25, 0.3) is 0 Å². The number of carbonyl (C=O) groups excluding carboxylic acids is 3. The van der Waals surface area contributed by atoms with E-state index in [2.05, 4.69) is 0 Å². The van der Waals surface area contributed by atoms with Crippen molar-refractivity contribution in [1.82, 2.24) is 0 Å². The van der Waals surface area contributed by atoms with Crippen molar-refractivity contribution in [2.75, 3.05) is 14.2 Å². The van der Waals surface area contributed by atoms with Gasteiger partial charge < -0.3 is 24.1 Å². The third kappa shape index (κ3) is 5.12. The molecule has 0 unspecified atom stereocenters. The predicted molar refractivity (Wildman–Crippen MR) is 116 cm³/mol. The number of allylic oxidation sites excluding steroid dienone is 1. The van der Waals surface area contributed by atoms with Crippen LogP contribution in [0.1, 0.15) is 64.7 Å². The Morgan fingerprint density at radius 3 is 2.12 bits per heavy atom. The van der Waals surface area contributed by atoms with Gasteiger partial charge in [-0.05, 0) is 44.4 Å². The van der Waals surface area contributed by atoms with E-state index in [0.29, 0.717) is 35.3 Å². The average molecular weight is 449 g/mol. The van der Waals surface area contributed by atoms with Gasteiger partial charge in [0.1, 0.15) is 17.3 Å². The highest BCUT2D eigenvalue weighted by Gasteiger charge is 2.46. The van der Waals surface area contributed by atoms with Gasteiger partial charge in [0.15, 0.2) is 12.2 Å². The number of hydrogen-bond acceptors (Lipinski definition) is 8. The monoisotopic (exact) mass is 448 g/mol. The lowest BCUT2D eigenvalue weighted by Crippen LogP contribution is -2.42. The lowest BCUT2D eigenvalue weighted by Gasteiger charge is -2.40. The average Bonchev–Trinajstić information content (AvgIpc) is 2.72. The van der Waals surface area contributed by atoms with Crippen molar-refractivity contribution in [1.29, 1.82) is 0 Å². The molecular weight excluding hydrogens is 416 g/mol. The molecule has 0 bridgehead atoms. The van der Waals surface area contributed by atoms with Crippen LogP contribution in [0.25, 0.3) is 0 Å². The Hall–Kier alpha value is -2.87. The van der Waals surface area contributed by atoms with E-state index in [-0.39, 0.29) is 11.5 Å². The molecule has 8 nitrogen and oxygen atoms in total. The van der Waals surface area contributed by atoms with Gasteiger partial charge in [0, 0.05) is 37.3 Å². The highest BCUT2D eigenvalue weighted by molar-refractivity contribution is 5.89. The molecule has 2 atom stereocenters. The van der Waals surface area contributed by atoms with Crippen molar-refractivity contribution in [2.24, 2.45) is 5.41 Å². The summed E-state index contributed by atoms with van der Waals surface area (Å²) in [5.74, 6) is -0.494. The molecule has 0 spiro atoms. The highest BCUT2D eigenvalue weighted by atomic mass is 16.6. The summed E-state index contributed by atoms with van der Waals surface area (Å²) >= 11 is 0. The van der Waals surface area contributed by atoms with E-state index in [1.807, 2.05) is 6.92 Å². The Bertz CT molecular complexity index is 903. The molecule has 0 aromatic heterocycles. The van der Waals surface area contributed by atoms with Crippen molar-refractivity contribution in [3.05, 3.63) is 34.4 Å². The zero-order valence-electron chi connectivity index (χ0n) is 19.7. The first kappa shape index (κ1) is 25.4. The minimum atomic E-state index is -1.16. The van der Waals surface area contributed by atoms with E-state index in [1.165, 1.54) is 28.1 Å². The summed E-state index contributed by atoms with van der Waals surface area (Å²) in [6.45, 7) is 7.50. The predicted octanol–water partition coefficient (Wildman–Crippen LogP) is 3.44. The van der Waals surface area contributed by atoms with Gasteiger partial charge in [0.05, 0.1) is 20.8 Å². The lowest BCUT2D eigenvalue weighted by molar-refractivity contribution is -0.164. The fraction of sp³-hybridized carbons (Fsp3) is 0.542. The molecule has 0 heterocycles. The van der Waals surface area contributed by atoms with Crippen molar-refractivity contribution >= 4 is 17.7 Å². The lowest BCUT2D eigenvalue weighted by atomic mass is 9.68. The van der Waals surface area contributed by atoms with Gasteiger partial charge in [0.2, 0.25) is 0 Å². The van der Waals surface area contributed by atoms with E-state index in [4.69, 9.17) is 18.9 Å². The fourth-order valence-electron chi connectivity index (χ4n) is 4.33. The van der Waals surface area contributed by atoms with Gasteiger partial charge in [-0.15, -0.1) is 0 Å². The summed E-state index contributed by atoms with van der Waals surface area (Å²) in [6.07, 6.45) is -1.37. The van der Waals surface area contributed by atoms with Crippen LogP contribution in [-0.2, 0) is 30.5 Å². The molecule has 1 aromatic rings. The number of ether oxygens (including phenoxy) is 4. The second-order valence-electron chi connectivity index (χ2n) is 8.36. The molecule has 0 aliphatic heterocycles. The molecule has 0 radical (unpaired) electrons. The third-order valence-electron chi connectivity index (χ3n) is 5.81. The van der Waals surface area contributed by atoms with Crippen LogP contribution < -0.4 is 9.47 Å². The minimum Gasteiger partial charge on any atom is -0.497 e. The molecule has 8 heteroatoms. The van der Waals surface area contributed by atoms with Crippen LogP contribution in [0.15, 0.2) is 23.3 Å². The Balaban J connectivity index is 2.85. The summed E-state index contributed by atoms with van der Waals surface area (Å²) < 4.78 is 22.2. The maximum absolute atomic E-state index is 12.8. The summed E-state index contributed by atoms with van der Waals surface area (Å²) in [7, 11) is 2.91. The second-order valence-corrected chi connectivity index (χ2v) is 8.36. The van der Waals surface area contributed by atoms with Crippen molar-refractivity contribution in [3.8, 4) is 11.5 Å². The molecule has 2 rings (SSSR count). The Labute approximate surface area is 188 Å². The van der Waals surface area contributed by atoms with Gasteiger partial charge in [-0.3, -0.25) is 14.4 Å². The largest absolute Gasteiger partial charge is 0.497 e. The first-order valence-electron chi connectivity index (χ1n) is 10.4. The number of benzene rings is 1. The summed E-state index contributed by atoms with van der Waals surface area (Å²) in [5.41, 5.74) is 1.24. The molecule has 1 aliphatic carbocycles. The number of aliphatic hydroxyl groups is 1. The van der Waals surface area contributed by atoms with Crippen molar-refractivity contribution in [3.63, 3.8) is 0 Å². The molecule has 1 N–H and O–H groups in total. The smallest absolute Gasteiger partial charge is 0.303 e. The maximum atomic E-state index is 12.8. The Morgan fingerprint density at radius 2 is 1.62 bits per heavy atom. The Morgan fingerprint density at radius 1 is 1.03 bits per heavy atom. The molecule has 0 fully saturated rings. The number of carbonyl (C=O) groups is 3. The van der Waals surface area contributed by atoms with Crippen LogP contribution in [0.2, 0.25) is 0 Å². The summed E-state index contributed by atoms with van der Waals surface area (Å²) in [4.78, 5) is 37.1. The van der Waals surface area contributed by atoms with E-state index >= 15 is 0 Å². The number of esters is 2. The van der Waals surface area contributed by atoms with Crippen molar-refractivity contribution in [2.45, 2.75) is 66.3 Å². The molecule has 1 aliphatic rings. The number of methoxy groups -OCH3 is 2. The summed E-state index contributed by atoms with van der Waals surface area (Å²) in [5, 5.41) is 10.1. The molecule has 176 valence electrons. The zero-order valence-corrected chi connectivity index (χ0v) is 19.7. The van der Waals surface area contributed by atoms with Crippen LogP contribution in [0.3, 0.4) is 0 Å². The minimum absolute atomic E-state index is 0.000838. The van der Waals surface area contributed by atoms with E-state index in [1.54, 1.807) is 26.0 Å². The maximum Gasteiger partial charge on any atom is 0.303 e. The number of rotatable bonds is 8. The van der Waals surface area contributed by atoms with Crippen molar-refractivity contribution < 1.29 is 38.4 Å². The molecule has 0 amide bonds. The molecule has 0 saturated heterocycles. The molecule has 32 heavy (non-hydrogen) atoms. The van der Waals surface area contributed by atoms with Gasteiger partial charge >= 0.3 is 11.9 Å². The van der Waals surface area contributed by atoms with Crippen LogP contribution >= 0.6 is 0 Å². The number of ketones is 1. The molecule has 0 saturated carbocycles. The van der Waals surface area contributed by atoms with Gasteiger partial charge in [-0.25, -0.2) is 0 Å². The quantitative estimate of drug-likeness (QED) is 0.476. The first-order chi connectivity index (χ1) is 15.0. The van der Waals surface area contributed by atoms with E-state index in [0.717, 1.165) is 5.57 Å². The third-order valence-corrected chi connectivity index (χ3v) is 5.81. The molecular formula is C24H32O8. The standard InChI is InChI=1S/C24H32O8/c1-13-8-9-19(28)24(4,5)21(13)23(32-15(3)27)22(31-14(2)26)20-16(12-25)10-17(29-6)11-18(20)30-7/h10-11,22-23,25H,8-9,12H2,1-7H3/t22-,23+/m1/s1. The summed E-state index contributed by atoms with van der Waals surface area (Å²) in [6, 6.07) is 3.19. The van der Waals surface area contributed by atoms with Crippen LogP contribution in [0.4, 0.5) is 0 Å². The SMILES string of the molecule is COc1cc(CO)c([C@@H](OC(C)=O)[C@@H](OC(C)=O)C2=C(C)CCC(=O)C2(C)C)c(OC)c1. The van der Waals surface area contributed by atoms with E-state index in [9.17, 15) is 19.5 Å². The second kappa shape index (κ2) is 10.2. The Kier molecular flexibility index (Phi) is 8.07. The van der Waals surface area contributed by atoms with Gasteiger partial charge in [-0.2, -0.15) is 0 Å². The topological polar surface area (TPSA) is 108 Å². The fourth-order valence-corrected chi connectivity index (χ4v) is 4.33. The molecule has 1 aromatic carbocycles. The number of aliphatic hydroxyl groups excluding tert-OH is 1. The van der Waals surface area contributed by atoms with Crippen LogP contribution in [-0.4, -0.2) is 43.2 Å². The van der Waals surface area contributed by atoms with Crippen LogP contribution in [0, 0.1) is 5.41 Å². The van der Waals surface area contributed by atoms with Crippen LogP contribution in [0.5, 0.6) is 11.5 Å². The van der Waals surface area contributed by atoms with E-state index < -0.39 is 36.2 Å². The zero-order chi connectivity index (χ0) is 24.2. The number of Topliss-reactive ketones (excluding diaryl/α,β-unsaturated/α-hetero) is 1. The van der Waals surface area contributed by atoms with Gasteiger partial charge in [-0.1, -0.05) is 5.57 Å². The highest BCUT2D eigenvalue weighted by Crippen LogP contribution is 2.47. The first-order valence-corrected chi connectivity index (χ1v) is 10.4. The number of hydrogen-bond donors (Lipinski definition) is 1. The normalized spacial score (nSPS) is 17.4.